The first-order chi connectivity index (χ1) is 12.3. The van der Waals surface area contributed by atoms with Gasteiger partial charge >= 0.3 is 0 Å². The number of aliphatic hydroxyl groups is 1. The lowest BCUT2D eigenvalue weighted by Gasteiger charge is -2.15. The third kappa shape index (κ3) is 2.95. The summed E-state index contributed by atoms with van der Waals surface area (Å²) >= 11 is 0. The summed E-state index contributed by atoms with van der Waals surface area (Å²) < 4.78 is 1.71. The van der Waals surface area contributed by atoms with Crippen molar-refractivity contribution in [2.24, 2.45) is 0 Å². The minimum absolute atomic E-state index is 0.656. The molecule has 0 fully saturated rings. The van der Waals surface area contributed by atoms with Gasteiger partial charge in [-0.3, -0.25) is 0 Å². The summed E-state index contributed by atoms with van der Waals surface area (Å²) in [5, 5.41) is 19.7. The molecule has 0 saturated heterocycles. The van der Waals surface area contributed by atoms with Gasteiger partial charge in [0.25, 0.3) is 0 Å². The van der Waals surface area contributed by atoms with Crippen LogP contribution in [0.1, 0.15) is 17.4 Å². The normalized spacial score (nSPS) is 12.0. The third-order valence-corrected chi connectivity index (χ3v) is 4.13. The van der Waals surface area contributed by atoms with Crippen LogP contribution < -0.4 is 0 Å². The van der Waals surface area contributed by atoms with Crippen LogP contribution in [-0.4, -0.2) is 20.1 Å². The molecule has 4 aromatic rings. The number of nitrogens with zero attached hydrogens (tertiary/aromatic N) is 3. The van der Waals surface area contributed by atoms with Crippen molar-refractivity contribution in [1.82, 2.24) is 15.0 Å². The van der Waals surface area contributed by atoms with Crippen molar-refractivity contribution in [2.75, 3.05) is 0 Å². The van der Waals surface area contributed by atoms with Crippen molar-refractivity contribution in [3.63, 3.8) is 0 Å². The van der Waals surface area contributed by atoms with E-state index in [2.05, 4.69) is 10.3 Å². The molecule has 3 aromatic carbocycles. The van der Waals surface area contributed by atoms with Crippen molar-refractivity contribution in [2.45, 2.75) is 6.10 Å². The average Bonchev–Trinajstić information content (AvgIpc) is 3.14. The summed E-state index contributed by atoms with van der Waals surface area (Å²) in [5.41, 5.74) is 3.93. The highest BCUT2D eigenvalue weighted by atomic mass is 16.3. The molecule has 25 heavy (non-hydrogen) atoms. The van der Waals surface area contributed by atoms with Gasteiger partial charge in [-0.2, -0.15) is 0 Å². The molecule has 1 aromatic heterocycles. The molecule has 0 bridgehead atoms. The Kier molecular flexibility index (Phi) is 4.11. The van der Waals surface area contributed by atoms with Crippen LogP contribution in [0.15, 0.2) is 91.0 Å². The molecule has 1 heterocycles. The fourth-order valence-electron chi connectivity index (χ4n) is 2.89. The Balaban J connectivity index is 1.91. The zero-order valence-corrected chi connectivity index (χ0v) is 13.5. The zero-order valence-electron chi connectivity index (χ0n) is 13.5. The number of hydrogen-bond donors (Lipinski definition) is 1. The van der Waals surface area contributed by atoms with Gasteiger partial charge in [0.15, 0.2) is 0 Å². The molecular weight excluding hydrogens is 310 g/mol. The summed E-state index contributed by atoms with van der Waals surface area (Å²) in [7, 11) is 0. The molecule has 0 aliphatic carbocycles. The smallest absolute Gasteiger partial charge is 0.123 e. The second-order valence-corrected chi connectivity index (χ2v) is 5.75. The van der Waals surface area contributed by atoms with Crippen molar-refractivity contribution < 1.29 is 5.11 Å². The lowest BCUT2D eigenvalue weighted by Crippen LogP contribution is -2.09. The molecule has 0 saturated carbocycles. The van der Waals surface area contributed by atoms with Gasteiger partial charge in [-0.25, -0.2) is 4.68 Å². The summed E-state index contributed by atoms with van der Waals surface area (Å²) in [4.78, 5) is 0. The maximum atomic E-state index is 11.1. The Labute approximate surface area is 146 Å². The quantitative estimate of drug-likeness (QED) is 0.616. The maximum Gasteiger partial charge on any atom is 0.123 e. The molecular formula is C21H17N3O. The Hall–Kier alpha value is -3.24. The molecule has 0 aliphatic heterocycles. The summed E-state index contributed by atoms with van der Waals surface area (Å²) in [6.07, 6.45) is -0.827. The molecule has 0 amide bonds. The minimum Gasteiger partial charge on any atom is -0.382 e. The lowest BCUT2D eigenvalue weighted by molar-refractivity contribution is 0.212. The Morgan fingerprint density at radius 3 is 1.92 bits per heavy atom. The fourth-order valence-corrected chi connectivity index (χ4v) is 2.89. The monoisotopic (exact) mass is 327 g/mol. The van der Waals surface area contributed by atoms with Gasteiger partial charge in [-0.05, 0) is 17.7 Å². The second-order valence-electron chi connectivity index (χ2n) is 5.75. The van der Waals surface area contributed by atoms with E-state index in [-0.39, 0.29) is 0 Å². The average molecular weight is 327 g/mol. The van der Waals surface area contributed by atoms with Crippen molar-refractivity contribution in [3.8, 4) is 16.9 Å². The van der Waals surface area contributed by atoms with E-state index in [0.29, 0.717) is 11.4 Å². The lowest BCUT2D eigenvalue weighted by atomic mass is 10.0. The zero-order chi connectivity index (χ0) is 17.1. The van der Waals surface area contributed by atoms with E-state index in [1.807, 2.05) is 91.0 Å². The third-order valence-electron chi connectivity index (χ3n) is 4.13. The number of hydrogen-bond acceptors (Lipinski definition) is 3. The summed E-state index contributed by atoms with van der Waals surface area (Å²) in [5.74, 6) is 0. The SMILES string of the molecule is OC(c1ccccc1)c1c(-c2ccccc2)nnn1-c1ccccc1. The topological polar surface area (TPSA) is 50.9 Å². The van der Waals surface area contributed by atoms with Gasteiger partial charge in [0.2, 0.25) is 0 Å². The largest absolute Gasteiger partial charge is 0.382 e. The minimum atomic E-state index is -0.827. The van der Waals surface area contributed by atoms with Crippen LogP contribution in [0.2, 0.25) is 0 Å². The van der Waals surface area contributed by atoms with Gasteiger partial charge in [0.1, 0.15) is 17.5 Å². The van der Waals surface area contributed by atoms with E-state index in [0.717, 1.165) is 16.8 Å². The highest BCUT2D eigenvalue weighted by Gasteiger charge is 2.24. The van der Waals surface area contributed by atoms with Crippen LogP contribution in [0.3, 0.4) is 0 Å². The molecule has 122 valence electrons. The molecule has 0 spiro atoms. The standard InChI is InChI=1S/C21H17N3O/c25-21(17-12-6-2-7-13-17)20-19(16-10-4-1-5-11-16)22-23-24(20)18-14-8-3-9-15-18/h1-15,21,25H. The van der Waals surface area contributed by atoms with Crippen LogP contribution in [0, 0.1) is 0 Å². The van der Waals surface area contributed by atoms with Crippen molar-refractivity contribution >= 4 is 0 Å². The number of benzene rings is 3. The van der Waals surface area contributed by atoms with E-state index in [1.54, 1.807) is 4.68 Å². The number of aromatic nitrogens is 3. The van der Waals surface area contributed by atoms with Gasteiger partial charge in [-0.1, -0.05) is 84.1 Å². The first-order valence-corrected chi connectivity index (χ1v) is 8.14. The number of para-hydroxylation sites is 1. The van der Waals surface area contributed by atoms with E-state index in [9.17, 15) is 5.11 Å². The van der Waals surface area contributed by atoms with E-state index in [1.165, 1.54) is 0 Å². The molecule has 0 aliphatic rings. The first kappa shape index (κ1) is 15.3. The molecule has 4 nitrogen and oxygen atoms in total. The number of aliphatic hydroxyl groups excluding tert-OH is 1. The molecule has 4 rings (SSSR count). The Morgan fingerprint density at radius 2 is 1.28 bits per heavy atom. The molecule has 1 unspecified atom stereocenters. The summed E-state index contributed by atoms with van der Waals surface area (Å²) in [6.45, 7) is 0. The second kappa shape index (κ2) is 6.71. The van der Waals surface area contributed by atoms with Crippen LogP contribution in [0.5, 0.6) is 0 Å². The highest BCUT2D eigenvalue weighted by Crippen LogP contribution is 2.31. The van der Waals surface area contributed by atoms with Crippen LogP contribution in [0.4, 0.5) is 0 Å². The summed E-state index contributed by atoms with van der Waals surface area (Å²) in [6, 6.07) is 29.1. The molecule has 1 N–H and O–H groups in total. The molecule has 1 atom stereocenters. The van der Waals surface area contributed by atoms with E-state index in [4.69, 9.17) is 0 Å². The molecule has 0 radical (unpaired) electrons. The maximum absolute atomic E-state index is 11.1. The fraction of sp³-hybridized carbons (Fsp3) is 0.0476. The van der Waals surface area contributed by atoms with E-state index >= 15 is 0 Å². The van der Waals surface area contributed by atoms with Gasteiger partial charge in [0, 0.05) is 5.56 Å². The van der Waals surface area contributed by atoms with E-state index < -0.39 is 6.10 Å². The van der Waals surface area contributed by atoms with Crippen LogP contribution in [-0.2, 0) is 0 Å². The van der Waals surface area contributed by atoms with Gasteiger partial charge in [0.05, 0.1) is 5.69 Å². The highest BCUT2D eigenvalue weighted by molar-refractivity contribution is 5.63. The Bertz CT molecular complexity index is 893. The van der Waals surface area contributed by atoms with Gasteiger partial charge in [-0.15, -0.1) is 5.10 Å². The van der Waals surface area contributed by atoms with Crippen LogP contribution >= 0.6 is 0 Å². The molecule has 4 heteroatoms. The van der Waals surface area contributed by atoms with Crippen molar-refractivity contribution in [1.29, 1.82) is 0 Å². The first-order valence-electron chi connectivity index (χ1n) is 8.14. The predicted octanol–water partition coefficient (Wildman–Crippen LogP) is 4.02. The van der Waals surface area contributed by atoms with Crippen LogP contribution in [0.25, 0.3) is 16.9 Å². The van der Waals surface area contributed by atoms with Gasteiger partial charge < -0.3 is 5.11 Å². The Morgan fingerprint density at radius 1 is 0.720 bits per heavy atom. The number of rotatable bonds is 4. The predicted molar refractivity (Wildman–Crippen MR) is 97.3 cm³/mol. The van der Waals surface area contributed by atoms with Crippen molar-refractivity contribution in [3.05, 3.63) is 102 Å².